The lowest BCUT2D eigenvalue weighted by molar-refractivity contribution is 0.251. The monoisotopic (exact) mass is 403 g/mol. The highest BCUT2D eigenvalue weighted by Gasteiger charge is 2.27. The molecule has 0 unspecified atom stereocenters. The number of nitrogens with one attached hydrogen (secondary N) is 3. The van der Waals surface area contributed by atoms with E-state index in [0.717, 1.165) is 16.9 Å². The number of ether oxygens (including phenoxy) is 1. The lowest BCUT2D eigenvalue weighted by Crippen LogP contribution is -2.29. The highest BCUT2D eigenvalue weighted by molar-refractivity contribution is 7.91. The summed E-state index contributed by atoms with van der Waals surface area (Å²) >= 11 is 0. The average Bonchev–Trinajstić information content (AvgIpc) is 3.05. The van der Waals surface area contributed by atoms with Crippen LogP contribution in [0, 0.1) is 0 Å². The fraction of sp³-hybridized carbons (Fsp3) is 0.350. The highest BCUT2D eigenvalue weighted by Crippen LogP contribution is 2.14. The number of carbonyl (C=O) groups is 1. The number of rotatable bonds is 7. The van der Waals surface area contributed by atoms with Crippen molar-refractivity contribution in [3.63, 3.8) is 0 Å². The number of benzene rings is 2. The molecule has 0 aliphatic carbocycles. The first-order chi connectivity index (χ1) is 13.4. The van der Waals surface area contributed by atoms with Gasteiger partial charge in [-0.3, -0.25) is 0 Å². The quantitative estimate of drug-likeness (QED) is 0.659. The summed E-state index contributed by atoms with van der Waals surface area (Å²) in [4.78, 5) is 12.0. The van der Waals surface area contributed by atoms with E-state index in [1.54, 1.807) is 7.11 Å². The summed E-state index contributed by atoms with van der Waals surface area (Å²) in [5.74, 6) is 1.25. The van der Waals surface area contributed by atoms with Crippen LogP contribution >= 0.6 is 0 Å². The zero-order valence-electron chi connectivity index (χ0n) is 15.8. The molecule has 8 heteroatoms. The zero-order valence-corrected chi connectivity index (χ0v) is 16.6. The van der Waals surface area contributed by atoms with Crippen molar-refractivity contribution in [2.75, 3.05) is 23.9 Å². The Morgan fingerprint density at radius 2 is 1.68 bits per heavy atom. The largest absolute Gasteiger partial charge is 0.497 e. The van der Waals surface area contributed by atoms with E-state index in [1.807, 2.05) is 48.5 Å². The molecule has 3 rings (SSSR count). The first-order valence-electron chi connectivity index (χ1n) is 9.14. The maximum atomic E-state index is 12.0. The minimum Gasteiger partial charge on any atom is -0.497 e. The Bertz CT molecular complexity index is 896. The van der Waals surface area contributed by atoms with Gasteiger partial charge in [0.25, 0.3) is 0 Å². The molecule has 3 N–H and O–H groups in total. The third-order valence-corrected chi connectivity index (χ3v) is 6.42. The van der Waals surface area contributed by atoms with Crippen LogP contribution in [0.1, 0.15) is 17.5 Å². The second kappa shape index (κ2) is 9.07. The predicted octanol–water partition coefficient (Wildman–Crippen LogP) is 2.29. The van der Waals surface area contributed by atoms with Gasteiger partial charge in [0, 0.05) is 24.8 Å². The summed E-state index contributed by atoms with van der Waals surface area (Å²) in [6, 6.07) is 14.7. The molecular weight excluding hydrogens is 378 g/mol. The maximum Gasteiger partial charge on any atom is 0.319 e. The molecule has 1 fully saturated rings. The number of urea groups is 1. The van der Waals surface area contributed by atoms with Gasteiger partial charge in [0.15, 0.2) is 9.84 Å². The molecule has 1 saturated heterocycles. The Morgan fingerprint density at radius 1 is 1.04 bits per heavy atom. The minimum atomic E-state index is -2.87. The number of hydrogen-bond donors (Lipinski definition) is 3. The average molecular weight is 404 g/mol. The number of amides is 2. The summed E-state index contributed by atoms with van der Waals surface area (Å²) in [6.45, 7) is 1.02. The molecular formula is C20H25N3O4S. The molecule has 0 bridgehead atoms. The molecule has 0 spiro atoms. The van der Waals surface area contributed by atoms with Crippen molar-refractivity contribution in [2.45, 2.75) is 25.6 Å². The Kier molecular flexibility index (Phi) is 6.53. The molecule has 150 valence electrons. The number of methoxy groups -OCH3 is 1. The smallest absolute Gasteiger partial charge is 0.319 e. The fourth-order valence-electron chi connectivity index (χ4n) is 3.03. The van der Waals surface area contributed by atoms with Gasteiger partial charge in [-0.1, -0.05) is 24.3 Å². The van der Waals surface area contributed by atoms with E-state index in [4.69, 9.17) is 4.74 Å². The number of hydrogen-bond acceptors (Lipinski definition) is 5. The van der Waals surface area contributed by atoms with Crippen molar-refractivity contribution in [3.8, 4) is 5.75 Å². The number of carbonyl (C=O) groups excluding carboxylic acids is 1. The van der Waals surface area contributed by atoms with Crippen LogP contribution in [-0.2, 0) is 22.9 Å². The van der Waals surface area contributed by atoms with E-state index < -0.39 is 9.84 Å². The SMILES string of the molecule is COc1ccc(CNC(=O)Nc2ccc(CN[C@@H]3CCS(=O)(=O)C3)cc2)cc1. The first kappa shape index (κ1) is 20.2. The van der Waals surface area contributed by atoms with E-state index in [-0.39, 0.29) is 23.6 Å². The molecule has 2 amide bonds. The van der Waals surface area contributed by atoms with Gasteiger partial charge in [-0.15, -0.1) is 0 Å². The third kappa shape index (κ3) is 5.97. The van der Waals surface area contributed by atoms with Crippen molar-refractivity contribution >= 4 is 21.6 Å². The predicted molar refractivity (Wildman–Crippen MR) is 109 cm³/mol. The summed E-state index contributed by atoms with van der Waals surface area (Å²) in [7, 11) is -1.26. The summed E-state index contributed by atoms with van der Waals surface area (Å²) in [5, 5.41) is 8.88. The van der Waals surface area contributed by atoms with Crippen LogP contribution in [0.3, 0.4) is 0 Å². The molecule has 1 aliphatic rings. The van der Waals surface area contributed by atoms with Crippen LogP contribution in [0.4, 0.5) is 10.5 Å². The van der Waals surface area contributed by atoms with Crippen LogP contribution in [0.2, 0.25) is 0 Å². The highest BCUT2D eigenvalue weighted by atomic mass is 32.2. The van der Waals surface area contributed by atoms with Gasteiger partial charge in [0.05, 0.1) is 18.6 Å². The Balaban J connectivity index is 1.42. The first-order valence-corrected chi connectivity index (χ1v) is 11.0. The minimum absolute atomic E-state index is 0.0199. The van der Waals surface area contributed by atoms with Crippen LogP contribution < -0.4 is 20.7 Å². The molecule has 1 heterocycles. The molecule has 7 nitrogen and oxygen atoms in total. The second-order valence-corrected chi connectivity index (χ2v) is 9.06. The van der Waals surface area contributed by atoms with Crippen molar-refractivity contribution in [1.29, 1.82) is 0 Å². The van der Waals surface area contributed by atoms with Crippen molar-refractivity contribution in [2.24, 2.45) is 0 Å². The van der Waals surface area contributed by atoms with Gasteiger partial charge in [-0.25, -0.2) is 13.2 Å². The van der Waals surface area contributed by atoms with Gasteiger partial charge in [-0.05, 0) is 41.8 Å². The topological polar surface area (TPSA) is 96.5 Å². The maximum absolute atomic E-state index is 12.0. The van der Waals surface area contributed by atoms with Crippen LogP contribution in [0.25, 0.3) is 0 Å². The Labute approximate surface area is 165 Å². The van der Waals surface area contributed by atoms with E-state index in [2.05, 4.69) is 16.0 Å². The second-order valence-electron chi connectivity index (χ2n) is 6.83. The zero-order chi connectivity index (χ0) is 20.0. The van der Waals surface area contributed by atoms with Crippen LogP contribution in [0.5, 0.6) is 5.75 Å². The van der Waals surface area contributed by atoms with Gasteiger partial charge < -0.3 is 20.7 Å². The van der Waals surface area contributed by atoms with Gasteiger partial charge in [-0.2, -0.15) is 0 Å². The molecule has 1 atom stereocenters. The lowest BCUT2D eigenvalue weighted by Gasteiger charge is -2.12. The van der Waals surface area contributed by atoms with Gasteiger partial charge in [0.1, 0.15) is 5.75 Å². The molecule has 0 saturated carbocycles. The number of anilines is 1. The van der Waals surface area contributed by atoms with Gasteiger partial charge >= 0.3 is 6.03 Å². The molecule has 0 radical (unpaired) electrons. The van der Waals surface area contributed by atoms with Crippen LogP contribution in [0.15, 0.2) is 48.5 Å². The Hall–Kier alpha value is -2.58. The third-order valence-electron chi connectivity index (χ3n) is 4.65. The summed E-state index contributed by atoms with van der Waals surface area (Å²) in [5.41, 5.74) is 2.71. The fourth-order valence-corrected chi connectivity index (χ4v) is 4.73. The van der Waals surface area contributed by atoms with Crippen LogP contribution in [-0.4, -0.2) is 39.1 Å². The van der Waals surface area contributed by atoms with E-state index in [1.165, 1.54) is 0 Å². The number of sulfone groups is 1. The summed E-state index contributed by atoms with van der Waals surface area (Å²) in [6.07, 6.45) is 0.663. The lowest BCUT2D eigenvalue weighted by atomic mass is 10.2. The molecule has 2 aromatic rings. The summed E-state index contributed by atoms with van der Waals surface area (Å²) < 4.78 is 28.1. The van der Waals surface area contributed by atoms with E-state index >= 15 is 0 Å². The van der Waals surface area contributed by atoms with Crippen molar-refractivity contribution in [3.05, 3.63) is 59.7 Å². The molecule has 28 heavy (non-hydrogen) atoms. The molecule has 0 aromatic heterocycles. The molecule has 1 aliphatic heterocycles. The standard InChI is InChI=1S/C20H25N3O4S/c1-27-19-8-4-16(5-9-19)13-22-20(24)23-17-6-2-15(3-7-17)12-21-18-10-11-28(25,26)14-18/h2-9,18,21H,10-14H2,1H3,(H2,22,23,24)/t18-/m1/s1. The molecule has 2 aromatic carbocycles. The van der Waals surface area contributed by atoms with E-state index in [0.29, 0.717) is 25.2 Å². The Morgan fingerprint density at radius 3 is 2.29 bits per heavy atom. The normalized spacial score (nSPS) is 17.8. The van der Waals surface area contributed by atoms with Crippen molar-refractivity contribution in [1.82, 2.24) is 10.6 Å². The van der Waals surface area contributed by atoms with E-state index in [9.17, 15) is 13.2 Å². The van der Waals surface area contributed by atoms with Crippen molar-refractivity contribution < 1.29 is 17.9 Å². The van der Waals surface area contributed by atoms with Gasteiger partial charge in [0.2, 0.25) is 0 Å².